The molecule has 0 aliphatic carbocycles. The highest BCUT2D eigenvalue weighted by molar-refractivity contribution is 8.22. The van der Waals surface area contributed by atoms with E-state index in [2.05, 4.69) is 4.90 Å². The number of nitrogens with zero attached hydrogens (tertiary/aromatic N) is 1. The van der Waals surface area contributed by atoms with Crippen LogP contribution in [0.5, 0.6) is 0 Å². The van der Waals surface area contributed by atoms with Crippen LogP contribution in [0.4, 0.5) is 0 Å². The molecule has 4 nitrogen and oxygen atoms in total. The molecule has 7 heteroatoms. The van der Waals surface area contributed by atoms with E-state index in [1.807, 2.05) is 51.3 Å². The molecule has 1 aromatic rings. The van der Waals surface area contributed by atoms with Crippen LogP contribution in [-0.2, 0) is 14.3 Å². The van der Waals surface area contributed by atoms with Crippen molar-refractivity contribution in [3.63, 3.8) is 0 Å². The fourth-order valence-corrected chi connectivity index (χ4v) is 6.10. The lowest BCUT2D eigenvalue weighted by atomic mass is 9.99. The minimum absolute atomic E-state index is 0.00152. The molecule has 3 aliphatic rings. The van der Waals surface area contributed by atoms with E-state index in [-0.39, 0.29) is 17.8 Å². The molecule has 152 valence electrons. The fraction of sp³-hybridized carbons (Fsp3) is 0.364. The monoisotopic (exact) mass is 447 g/mol. The number of esters is 1. The van der Waals surface area contributed by atoms with Gasteiger partial charge in [0.2, 0.25) is 5.78 Å². The molecule has 0 radical (unpaired) electrons. The Bertz CT molecular complexity index is 973. The van der Waals surface area contributed by atoms with Crippen LogP contribution in [0.2, 0.25) is 5.02 Å². The predicted octanol–water partition coefficient (Wildman–Crippen LogP) is 5.25. The first-order valence-electron chi connectivity index (χ1n) is 9.39. The number of ether oxygens (including phenoxy) is 1. The summed E-state index contributed by atoms with van der Waals surface area (Å²) in [5.41, 5.74) is 2.47. The van der Waals surface area contributed by atoms with Gasteiger partial charge >= 0.3 is 5.97 Å². The van der Waals surface area contributed by atoms with Crippen molar-refractivity contribution < 1.29 is 14.3 Å². The highest BCUT2D eigenvalue weighted by Crippen LogP contribution is 2.52. The minimum atomic E-state index is -0.556. The maximum atomic E-state index is 13.5. The molecular weight excluding hydrogens is 426 g/mol. The van der Waals surface area contributed by atoms with E-state index in [1.165, 1.54) is 23.5 Å². The van der Waals surface area contributed by atoms with Crippen molar-refractivity contribution in [3.05, 3.63) is 62.6 Å². The van der Waals surface area contributed by atoms with Crippen LogP contribution in [-0.4, -0.2) is 39.8 Å². The maximum absolute atomic E-state index is 13.5. The molecule has 4 rings (SSSR count). The van der Waals surface area contributed by atoms with Crippen LogP contribution in [0.1, 0.15) is 32.8 Å². The summed E-state index contributed by atoms with van der Waals surface area (Å²) in [5, 5.41) is 0.238. The maximum Gasteiger partial charge on any atom is 0.322 e. The second-order valence-electron chi connectivity index (χ2n) is 8.08. The van der Waals surface area contributed by atoms with Crippen molar-refractivity contribution in [2.75, 3.05) is 6.26 Å². The average molecular weight is 448 g/mol. The highest BCUT2D eigenvalue weighted by atomic mass is 35.5. The summed E-state index contributed by atoms with van der Waals surface area (Å²) in [7, 11) is 0. The number of hydrogen-bond acceptors (Lipinski definition) is 6. The Balaban J connectivity index is 1.82. The van der Waals surface area contributed by atoms with Gasteiger partial charge in [-0.05, 0) is 57.2 Å². The zero-order valence-corrected chi connectivity index (χ0v) is 19.1. The van der Waals surface area contributed by atoms with Crippen LogP contribution < -0.4 is 0 Å². The van der Waals surface area contributed by atoms with E-state index in [4.69, 9.17) is 16.3 Å². The van der Waals surface area contributed by atoms with E-state index >= 15 is 0 Å². The van der Waals surface area contributed by atoms with E-state index in [0.717, 1.165) is 15.5 Å². The molecular formula is C22H22ClNO3S2. The minimum Gasteiger partial charge on any atom is -0.459 e. The summed E-state index contributed by atoms with van der Waals surface area (Å²) in [5.74, 6) is -0.237. The van der Waals surface area contributed by atoms with Gasteiger partial charge in [-0.15, -0.1) is 11.8 Å². The Morgan fingerprint density at radius 1 is 1.28 bits per heavy atom. The number of Topliss-reactive ketones (excluding diaryl/α,β-unsaturated/α-hetero) is 1. The van der Waals surface area contributed by atoms with Crippen molar-refractivity contribution in [1.29, 1.82) is 0 Å². The fourth-order valence-electron chi connectivity index (χ4n) is 3.82. The van der Waals surface area contributed by atoms with E-state index in [9.17, 15) is 9.59 Å². The second kappa shape index (κ2) is 7.56. The molecule has 0 aromatic heterocycles. The van der Waals surface area contributed by atoms with Gasteiger partial charge in [-0.25, -0.2) is 0 Å². The molecule has 0 spiro atoms. The molecule has 0 saturated heterocycles. The van der Waals surface area contributed by atoms with Gasteiger partial charge in [-0.1, -0.05) is 41.6 Å². The zero-order valence-electron chi connectivity index (χ0n) is 16.7. The third kappa shape index (κ3) is 3.66. The summed E-state index contributed by atoms with van der Waals surface area (Å²) in [6, 6.07) is 7.18. The van der Waals surface area contributed by atoms with Crippen LogP contribution in [0.25, 0.3) is 5.57 Å². The summed E-state index contributed by atoms with van der Waals surface area (Å²) < 4.78 is 6.56. The van der Waals surface area contributed by atoms with Crippen molar-refractivity contribution in [2.45, 2.75) is 44.1 Å². The van der Waals surface area contributed by atoms with Gasteiger partial charge < -0.3 is 9.64 Å². The first-order valence-corrected chi connectivity index (χ1v) is 11.9. The van der Waals surface area contributed by atoms with Gasteiger partial charge in [0.05, 0.1) is 21.5 Å². The zero-order chi connectivity index (χ0) is 20.9. The number of benzene rings is 1. The van der Waals surface area contributed by atoms with Gasteiger partial charge in [-0.3, -0.25) is 9.59 Å². The standard InChI is InChI=1S/C22H22ClNO3S2/c1-22(2,3)27-20(26)19-15-7-5-6-14-16(12-8-10-13(23)11-9-12)18(25)17(24(14)15)21(28-4)29-19/h5-6,8-11,15,19H,7H2,1-4H3/t15-,19-/m1/s1. The molecule has 0 amide bonds. The van der Waals surface area contributed by atoms with Crippen molar-refractivity contribution in [2.24, 2.45) is 0 Å². The largest absolute Gasteiger partial charge is 0.459 e. The summed E-state index contributed by atoms with van der Waals surface area (Å²) >= 11 is 9.00. The van der Waals surface area contributed by atoms with Gasteiger partial charge in [0.25, 0.3) is 0 Å². The number of allylic oxidation sites excluding steroid dienone is 2. The smallest absolute Gasteiger partial charge is 0.322 e. The van der Waals surface area contributed by atoms with E-state index < -0.39 is 10.9 Å². The van der Waals surface area contributed by atoms with Gasteiger partial charge in [-0.2, -0.15) is 0 Å². The van der Waals surface area contributed by atoms with Gasteiger partial charge in [0.15, 0.2) is 0 Å². The molecule has 2 atom stereocenters. The molecule has 0 bridgehead atoms. The highest BCUT2D eigenvalue weighted by Gasteiger charge is 2.50. The Morgan fingerprint density at radius 2 is 1.97 bits per heavy atom. The Hall–Kier alpha value is -1.63. The number of thioether (sulfide) groups is 2. The molecule has 29 heavy (non-hydrogen) atoms. The van der Waals surface area contributed by atoms with E-state index in [1.54, 1.807) is 12.1 Å². The third-order valence-electron chi connectivity index (χ3n) is 4.92. The summed E-state index contributed by atoms with van der Waals surface area (Å²) in [6.45, 7) is 5.62. The first-order chi connectivity index (χ1) is 13.7. The Kier molecular flexibility index (Phi) is 5.38. The van der Waals surface area contributed by atoms with Crippen molar-refractivity contribution in [3.8, 4) is 0 Å². The normalized spacial score (nSPS) is 23.6. The van der Waals surface area contributed by atoms with Gasteiger partial charge in [0.1, 0.15) is 16.5 Å². The molecule has 0 N–H and O–H groups in total. The summed E-state index contributed by atoms with van der Waals surface area (Å²) in [6.07, 6.45) is 6.66. The quantitative estimate of drug-likeness (QED) is 0.589. The van der Waals surface area contributed by atoms with E-state index in [0.29, 0.717) is 22.7 Å². The number of carbonyl (C=O) groups excluding carboxylic acids is 2. The number of carbonyl (C=O) groups is 2. The molecule has 3 heterocycles. The topological polar surface area (TPSA) is 46.6 Å². The lowest BCUT2D eigenvalue weighted by Gasteiger charge is -2.42. The number of hydrogen-bond donors (Lipinski definition) is 0. The number of ketones is 1. The molecule has 0 saturated carbocycles. The first kappa shape index (κ1) is 20.6. The van der Waals surface area contributed by atoms with Crippen LogP contribution in [0.15, 0.2) is 52.0 Å². The number of halogens is 1. The van der Waals surface area contributed by atoms with Crippen LogP contribution in [0, 0.1) is 0 Å². The molecule has 3 aliphatic heterocycles. The van der Waals surface area contributed by atoms with Crippen LogP contribution in [0.3, 0.4) is 0 Å². The lowest BCUT2D eigenvalue weighted by Crippen LogP contribution is -2.49. The Morgan fingerprint density at radius 3 is 2.59 bits per heavy atom. The molecule has 1 aromatic carbocycles. The van der Waals surface area contributed by atoms with Crippen LogP contribution >= 0.6 is 35.1 Å². The average Bonchev–Trinajstić information content (AvgIpc) is 2.96. The number of rotatable bonds is 3. The van der Waals surface area contributed by atoms with Crippen molar-refractivity contribution >= 4 is 52.5 Å². The Labute approximate surface area is 184 Å². The molecule has 0 fully saturated rings. The SMILES string of the molecule is CSC1=C2C(=O)C(c3ccc(Cl)cc3)=C3C=CC[C@H]([C@H](C(=O)OC(C)(C)C)S1)N32. The second-order valence-corrected chi connectivity index (χ2v) is 10.7. The lowest BCUT2D eigenvalue weighted by molar-refractivity contribution is -0.155. The third-order valence-corrected chi connectivity index (χ3v) is 7.69. The predicted molar refractivity (Wildman–Crippen MR) is 121 cm³/mol. The van der Waals surface area contributed by atoms with Gasteiger partial charge in [0, 0.05) is 5.02 Å². The summed E-state index contributed by atoms with van der Waals surface area (Å²) in [4.78, 5) is 28.5. The van der Waals surface area contributed by atoms with Crippen molar-refractivity contribution in [1.82, 2.24) is 4.90 Å². The molecule has 0 unspecified atom stereocenters.